The fraction of sp³-hybridized carbons (Fsp3) is 0.529. The number of nitrogens with zero attached hydrogens (tertiary/aromatic N) is 4. The lowest BCUT2D eigenvalue weighted by atomic mass is 10.1. The molecule has 2 atom stereocenters. The Balaban J connectivity index is 1.87. The second-order valence-corrected chi connectivity index (χ2v) is 9.19. The van der Waals surface area contributed by atoms with E-state index in [1.807, 2.05) is 16.5 Å². The van der Waals surface area contributed by atoms with Gasteiger partial charge in [-0.3, -0.25) is 0 Å². The number of sulfonamides is 1. The Hall–Kier alpha value is -2.17. The Kier molecular flexibility index (Phi) is 5.15. The molecule has 0 spiro atoms. The number of esters is 1. The topological polar surface area (TPSA) is 105 Å². The van der Waals surface area contributed by atoms with Crippen molar-refractivity contribution in [2.75, 3.05) is 44.9 Å². The Morgan fingerprint density at radius 1 is 1.37 bits per heavy atom. The van der Waals surface area contributed by atoms with E-state index in [2.05, 4.69) is 4.98 Å². The van der Waals surface area contributed by atoms with E-state index in [0.717, 1.165) is 5.52 Å². The lowest BCUT2D eigenvalue weighted by Gasteiger charge is -2.18. The van der Waals surface area contributed by atoms with Crippen LogP contribution in [-0.4, -0.2) is 79.5 Å². The number of benzene rings is 1. The molecule has 1 aromatic heterocycles. The number of hydrogen-bond acceptors (Lipinski definition) is 7. The average molecular weight is 396 g/mol. The molecule has 1 aliphatic heterocycles. The zero-order valence-corrected chi connectivity index (χ0v) is 16.6. The zero-order valence-electron chi connectivity index (χ0n) is 15.8. The molecule has 10 heteroatoms. The summed E-state index contributed by atoms with van der Waals surface area (Å²) in [5, 5.41) is 10.4. The normalized spacial score (nSPS) is 20.6. The first-order chi connectivity index (χ1) is 12.6. The Bertz CT molecular complexity index is 969. The van der Waals surface area contributed by atoms with Gasteiger partial charge in [-0.15, -0.1) is 0 Å². The lowest BCUT2D eigenvalue weighted by molar-refractivity contribution is 0.0601. The molecule has 1 N–H and O–H groups in total. The number of aromatic nitrogens is 2. The number of fused-ring (bicyclic) bond motifs is 1. The maximum absolute atomic E-state index is 12.1. The molecular weight excluding hydrogens is 372 g/mol. The summed E-state index contributed by atoms with van der Waals surface area (Å²) in [7, 11) is 2.73. The van der Waals surface area contributed by atoms with Gasteiger partial charge < -0.3 is 19.3 Å². The fourth-order valence-electron chi connectivity index (χ4n) is 3.32. The molecule has 1 fully saturated rings. The van der Waals surface area contributed by atoms with Gasteiger partial charge in [0.2, 0.25) is 16.0 Å². The van der Waals surface area contributed by atoms with Gasteiger partial charge in [0.05, 0.1) is 35.6 Å². The number of ether oxygens (including phenoxy) is 1. The standard InChI is InChI=1S/C17H24N4O5S/c1-19(2)27(24,25)10-12-8-21(9-15(12)22)17-18-13-7-11(16(23)26-4)5-6-14(13)20(17)3/h5-7,12,15,22H,8-10H2,1-4H3/t12-,15+/m0/s1. The van der Waals surface area contributed by atoms with Crippen molar-refractivity contribution in [3.8, 4) is 0 Å². The van der Waals surface area contributed by atoms with Crippen LogP contribution in [0.4, 0.5) is 5.95 Å². The van der Waals surface area contributed by atoms with E-state index in [-0.39, 0.29) is 5.75 Å². The number of aliphatic hydroxyl groups is 1. The molecule has 9 nitrogen and oxygen atoms in total. The number of imidazole rings is 1. The lowest BCUT2D eigenvalue weighted by Crippen LogP contribution is -2.33. The van der Waals surface area contributed by atoms with Crippen molar-refractivity contribution < 1.29 is 23.1 Å². The van der Waals surface area contributed by atoms with Crippen LogP contribution in [0.25, 0.3) is 11.0 Å². The van der Waals surface area contributed by atoms with Crippen molar-refractivity contribution in [3.05, 3.63) is 23.8 Å². The number of carbonyl (C=O) groups is 1. The van der Waals surface area contributed by atoms with Crippen LogP contribution in [0.5, 0.6) is 0 Å². The third-order valence-corrected chi connectivity index (χ3v) is 6.91. The van der Waals surface area contributed by atoms with Crippen LogP contribution in [0.2, 0.25) is 0 Å². The molecule has 148 valence electrons. The van der Waals surface area contributed by atoms with Gasteiger partial charge in [-0.25, -0.2) is 22.5 Å². The molecule has 0 saturated carbocycles. The summed E-state index contributed by atoms with van der Waals surface area (Å²) in [6.45, 7) is 0.684. The van der Waals surface area contributed by atoms with Gasteiger partial charge in [0, 0.05) is 40.2 Å². The number of aryl methyl sites for hydroxylation is 1. The largest absolute Gasteiger partial charge is 0.465 e. The number of aliphatic hydroxyl groups excluding tert-OH is 1. The van der Waals surface area contributed by atoms with Crippen molar-refractivity contribution in [1.29, 1.82) is 0 Å². The zero-order chi connectivity index (χ0) is 19.9. The highest BCUT2D eigenvalue weighted by molar-refractivity contribution is 7.89. The van der Waals surface area contributed by atoms with Crippen LogP contribution in [0.1, 0.15) is 10.4 Å². The van der Waals surface area contributed by atoms with Crippen molar-refractivity contribution in [1.82, 2.24) is 13.9 Å². The van der Waals surface area contributed by atoms with Gasteiger partial charge in [0.25, 0.3) is 0 Å². The molecule has 2 heterocycles. The molecular formula is C17H24N4O5S. The molecule has 0 radical (unpaired) electrons. The number of β-amino-alcohol motifs (C(OH)–C–C–N with tert-alkyl or cyclic N) is 1. The summed E-state index contributed by atoms with van der Waals surface area (Å²) in [6.07, 6.45) is -0.759. The van der Waals surface area contributed by atoms with Gasteiger partial charge in [0.15, 0.2) is 0 Å². The third-order valence-electron chi connectivity index (χ3n) is 4.95. The van der Waals surface area contributed by atoms with Crippen LogP contribution in [0.15, 0.2) is 18.2 Å². The SMILES string of the molecule is COC(=O)c1ccc2c(c1)nc(N1C[C@@H](CS(=O)(=O)N(C)C)[C@H](O)C1)n2C. The second-order valence-electron chi connectivity index (χ2n) is 6.96. The smallest absolute Gasteiger partial charge is 0.337 e. The number of hydrogen-bond donors (Lipinski definition) is 1. The number of carbonyl (C=O) groups excluding carboxylic acids is 1. The van der Waals surface area contributed by atoms with Gasteiger partial charge in [-0.05, 0) is 18.2 Å². The van der Waals surface area contributed by atoms with Crippen molar-refractivity contribution in [2.24, 2.45) is 13.0 Å². The Morgan fingerprint density at radius 3 is 2.70 bits per heavy atom. The summed E-state index contributed by atoms with van der Waals surface area (Å²) in [6, 6.07) is 5.12. The maximum Gasteiger partial charge on any atom is 0.337 e. The fourth-order valence-corrected chi connectivity index (χ4v) is 4.48. The Labute approximate surface area is 158 Å². The molecule has 0 bridgehead atoms. The van der Waals surface area contributed by atoms with Crippen LogP contribution in [-0.2, 0) is 21.8 Å². The van der Waals surface area contributed by atoms with E-state index in [0.29, 0.717) is 30.1 Å². The molecule has 0 unspecified atom stereocenters. The van der Waals surface area contributed by atoms with E-state index in [4.69, 9.17) is 4.74 Å². The van der Waals surface area contributed by atoms with Crippen molar-refractivity contribution >= 4 is 33.0 Å². The van der Waals surface area contributed by atoms with E-state index in [9.17, 15) is 18.3 Å². The van der Waals surface area contributed by atoms with Gasteiger partial charge in [0.1, 0.15) is 0 Å². The third kappa shape index (κ3) is 3.64. The van der Waals surface area contributed by atoms with Gasteiger partial charge >= 0.3 is 5.97 Å². The van der Waals surface area contributed by atoms with Crippen LogP contribution >= 0.6 is 0 Å². The number of anilines is 1. The maximum atomic E-state index is 12.1. The molecule has 0 amide bonds. The minimum absolute atomic E-state index is 0.117. The monoisotopic (exact) mass is 396 g/mol. The first-order valence-corrected chi connectivity index (χ1v) is 10.1. The highest BCUT2D eigenvalue weighted by Crippen LogP contribution is 2.28. The second kappa shape index (κ2) is 7.10. The van der Waals surface area contributed by atoms with E-state index in [1.54, 1.807) is 18.2 Å². The molecule has 1 aliphatic rings. The molecule has 27 heavy (non-hydrogen) atoms. The van der Waals surface area contributed by atoms with Gasteiger partial charge in [-0.1, -0.05) is 0 Å². The van der Waals surface area contributed by atoms with Crippen molar-refractivity contribution in [3.63, 3.8) is 0 Å². The molecule has 1 aromatic carbocycles. The predicted molar refractivity (Wildman–Crippen MR) is 101 cm³/mol. The quantitative estimate of drug-likeness (QED) is 0.712. The highest BCUT2D eigenvalue weighted by atomic mass is 32.2. The summed E-state index contributed by atoms with van der Waals surface area (Å²) < 4.78 is 32.1. The summed E-state index contributed by atoms with van der Waals surface area (Å²) >= 11 is 0. The van der Waals surface area contributed by atoms with E-state index < -0.39 is 28.0 Å². The van der Waals surface area contributed by atoms with Crippen molar-refractivity contribution in [2.45, 2.75) is 6.10 Å². The predicted octanol–water partition coefficient (Wildman–Crippen LogP) is 0.0484. The number of rotatable bonds is 5. The molecule has 1 saturated heterocycles. The summed E-state index contributed by atoms with van der Waals surface area (Å²) in [4.78, 5) is 18.2. The molecule has 2 aromatic rings. The highest BCUT2D eigenvalue weighted by Gasteiger charge is 2.37. The molecule has 0 aliphatic carbocycles. The van der Waals surface area contributed by atoms with Gasteiger partial charge in [-0.2, -0.15) is 0 Å². The average Bonchev–Trinajstić information content (AvgIpc) is 3.13. The minimum atomic E-state index is -3.40. The van der Waals surface area contributed by atoms with Crippen LogP contribution < -0.4 is 4.90 Å². The van der Waals surface area contributed by atoms with Crippen LogP contribution in [0, 0.1) is 5.92 Å². The first kappa shape index (κ1) is 19.6. The minimum Gasteiger partial charge on any atom is -0.465 e. The summed E-state index contributed by atoms with van der Waals surface area (Å²) in [5.41, 5.74) is 1.87. The molecule has 3 rings (SSSR count). The number of methoxy groups -OCH3 is 1. The van der Waals surface area contributed by atoms with E-state index >= 15 is 0 Å². The van der Waals surface area contributed by atoms with E-state index in [1.165, 1.54) is 25.5 Å². The Morgan fingerprint density at radius 2 is 2.07 bits per heavy atom. The first-order valence-electron chi connectivity index (χ1n) is 8.52. The summed E-state index contributed by atoms with van der Waals surface area (Å²) in [5.74, 6) is -0.331. The van der Waals surface area contributed by atoms with Crippen LogP contribution in [0.3, 0.4) is 0 Å².